The summed E-state index contributed by atoms with van der Waals surface area (Å²) < 4.78 is 61.4. The summed E-state index contributed by atoms with van der Waals surface area (Å²) >= 11 is 0. The van der Waals surface area contributed by atoms with Crippen molar-refractivity contribution in [2.75, 3.05) is 19.9 Å². The number of hydrogen-bond donors (Lipinski definition) is 1. The zero-order valence-electron chi connectivity index (χ0n) is 18.2. The number of benzene rings is 2. The van der Waals surface area contributed by atoms with Gasteiger partial charge >= 0.3 is 0 Å². The van der Waals surface area contributed by atoms with E-state index >= 15 is 0 Å². The summed E-state index contributed by atoms with van der Waals surface area (Å²) in [6.45, 7) is 0.0210. The number of sulfonamides is 1. The number of nitrogens with zero attached hydrogens (tertiary/aromatic N) is 2. The van der Waals surface area contributed by atoms with Crippen molar-refractivity contribution >= 4 is 31.8 Å². The molecule has 3 unspecified atom stereocenters. The number of hydrogen-bond acceptors (Lipinski definition) is 4. The first kappa shape index (κ1) is 23.1. The third-order valence-corrected chi connectivity index (χ3v) is 7.64. The Balaban J connectivity index is 1.64. The van der Waals surface area contributed by atoms with Crippen LogP contribution in [0.1, 0.15) is 25.7 Å². The van der Waals surface area contributed by atoms with Gasteiger partial charge < -0.3 is 14.4 Å². The van der Waals surface area contributed by atoms with E-state index in [-0.39, 0.29) is 25.2 Å². The molecule has 174 valence electrons. The van der Waals surface area contributed by atoms with E-state index in [4.69, 9.17) is 4.74 Å². The molecular formula is C23H28F2N2O4S. The van der Waals surface area contributed by atoms with E-state index in [1.807, 2.05) is 0 Å². The van der Waals surface area contributed by atoms with Crippen molar-refractivity contribution in [2.24, 2.45) is 0 Å². The molecule has 1 N–H and O–H groups in total. The smallest absolute Gasteiger partial charge is 0.211 e. The zero-order chi connectivity index (χ0) is 23.0. The predicted molar refractivity (Wildman–Crippen MR) is 120 cm³/mol. The largest absolute Gasteiger partial charge is 0.390 e. The van der Waals surface area contributed by atoms with Crippen LogP contribution in [-0.4, -0.2) is 60.6 Å². The van der Waals surface area contributed by atoms with E-state index in [9.17, 15) is 22.3 Å². The number of ether oxygens (including phenoxy) is 1. The first-order valence-electron chi connectivity index (χ1n) is 10.7. The minimum absolute atomic E-state index is 0.00253. The molecule has 0 aliphatic heterocycles. The molecule has 1 fully saturated rings. The van der Waals surface area contributed by atoms with E-state index in [0.29, 0.717) is 34.6 Å². The topological polar surface area (TPSA) is 71.8 Å². The summed E-state index contributed by atoms with van der Waals surface area (Å²) in [5, 5.41) is 12.0. The maximum atomic E-state index is 13.9. The third-order valence-electron chi connectivity index (χ3n) is 6.34. The van der Waals surface area contributed by atoms with E-state index < -0.39 is 27.8 Å². The molecule has 4 rings (SSSR count). The van der Waals surface area contributed by atoms with Gasteiger partial charge in [-0.2, -0.15) is 4.31 Å². The molecule has 0 radical (unpaired) electrons. The van der Waals surface area contributed by atoms with E-state index in [2.05, 4.69) is 0 Å². The second kappa shape index (κ2) is 9.05. The number of rotatable bonds is 7. The normalized spacial score (nSPS) is 20.9. The molecule has 9 heteroatoms. The molecule has 0 bridgehead atoms. The Bertz CT molecular complexity index is 1170. The van der Waals surface area contributed by atoms with Gasteiger partial charge in [-0.25, -0.2) is 17.2 Å². The highest BCUT2D eigenvalue weighted by atomic mass is 32.2. The zero-order valence-corrected chi connectivity index (χ0v) is 19.0. The van der Waals surface area contributed by atoms with Gasteiger partial charge in [0.1, 0.15) is 11.6 Å². The molecule has 1 aliphatic carbocycles. The lowest BCUT2D eigenvalue weighted by Crippen LogP contribution is -2.47. The Kier molecular flexibility index (Phi) is 6.53. The highest BCUT2D eigenvalue weighted by Crippen LogP contribution is 2.31. The molecule has 1 heterocycles. The van der Waals surface area contributed by atoms with Crippen molar-refractivity contribution in [3.63, 3.8) is 0 Å². The van der Waals surface area contributed by atoms with Crippen LogP contribution in [0.4, 0.5) is 8.78 Å². The molecule has 0 spiro atoms. The van der Waals surface area contributed by atoms with Crippen molar-refractivity contribution in [2.45, 2.75) is 50.5 Å². The SMILES string of the molecule is COC1CCCC(N(CC(O)Cn2c3ccc(F)cc3c3cc(F)ccc32)S(C)(=O)=O)C1. The third kappa shape index (κ3) is 4.66. The lowest BCUT2D eigenvalue weighted by atomic mass is 9.92. The molecule has 32 heavy (non-hydrogen) atoms. The van der Waals surface area contributed by atoms with Crippen molar-refractivity contribution in [3.8, 4) is 0 Å². The van der Waals surface area contributed by atoms with Gasteiger partial charge in [-0.15, -0.1) is 0 Å². The second-order valence-electron chi connectivity index (χ2n) is 8.60. The number of aliphatic hydroxyl groups is 1. The standard InChI is InChI=1S/C23H28F2N2O4S/c1-31-19-5-3-4-17(12-19)27(32(2,29)30)14-18(28)13-26-22-8-6-15(24)10-20(22)21-11-16(25)7-9-23(21)26/h6-11,17-19,28H,3-5,12-14H2,1-2H3. The highest BCUT2D eigenvalue weighted by molar-refractivity contribution is 7.88. The van der Waals surface area contributed by atoms with Gasteiger partial charge in [0.2, 0.25) is 10.0 Å². The van der Waals surface area contributed by atoms with Crippen molar-refractivity contribution in [3.05, 3.63) is 48.0 Å². The van der Waals surface area contributed by atoms with Crippen LogP contribution in [-0.2, 0) is 21.3 Å². The van der Waals surface area contributed by atoms with Crippen LogP contribution in [0.2, 0.25) is 0 Å². The fraction of sp³-hybridized carbons (Fsp3) is 0.478. The van der Waals surface area contributed by atoms with Gasteiger partial charge in [-0.1, -0.05) is 0 Å². The van der Waals surface area contributed by atoms with Crippen molar-refractivity contribution in [1.82, 2.24) is 8.87 Å². The van der Waals surface area contributed by atoms with Gasteiger partial charge in [0.15, 0.2) is 0 Å². The molecule has 2 aromatic carbocycles. The van der Waals surface area contributed by atoms with Gasteiger partial charge in [0.05, 0.1) is 25.0 Å². The average molecular weight is 467 g/mol. The molecule has 1 saturated carbocycles. The van der Waals surface area contributed by atoms with Gasteiger partial charge in [-0.05, 0) is 62.1 Å². The Morgan fingerprint density at radius 2 is 1.72 bits per heavy atom. The quantitative estimate of drug-likeness (QED) is 0.577. The van der Waals surface area contributed by atoms with Gasteiger partial charge in [0, 0.05) is 41.5 Å². The fourth-order valence-electron chi connectivity index (χ4n) is 4.87. The van der Waals surface area contributed by atoms with Crippen LogP contribution in [0, 0.1) is 11.6 Å². The molecule has 6 nitrogen and oxygen atoms in total. The molecule has 0 saturated heterocycles. The fourth-order valence-corrected chi connectivity index (χ4v) is 6.05. The summed E-state index contributed by atoms with van der Waals surface area (Å²) in [4.78, 5) is 0. The van der Waals surface area contributed by atoms with Gasteiger partial charge in [-0.3, -0.25) is 0 Å². The maximum Gasteiger partial charge on any atom is 0.211 e. The monoisotopic (exact) mass is 466 g/mol. The highest BCUT2D eigenvalue weighted by Gasteiger charge is 2.33. The summed E-state index contributed by atoms with van der Waals surface area (Å²) in [5.41, 5.74) is 1.29. The maximum absolute atomic E-state index is 13.9. The predicted octanol–water partition coefficient (Wildman–Crippen LogP) is 3.65. The number of aromatic nitrogens is 1. The Labute approximate surface area is 186 Å². The average Bonchev–Trinajstić information content (AvgIpc) is 3.03. The minimum Gasteiger partial charge on any atom is -0.390 e. The lowest BCUT2D eigenvalue weighted by Gasteiger charge is -2.36. The number of fused-ring (bicyclic) bond motifs is 3. The van der Waals surface area contributed by atoms with Gasteiger partial charge in [0.25, 0.3) is 0 Å². The first-order valence-corrected chi connectivity index (χ1v) is 12.6. The molecular weight excluding hydrogens is 438 g/mol. The van der Waals surface area contributed by atoms with E-state index in [1.165, 1.54) is 28.6 Å². The Morgan fingerprint density at radius 1 is 1.12 bits per heavy atom. The van der Waals surface area contributed by atoms with Crippen LogP contribution < -0.4 is 0 Å². The number of methoxy groups -OCH3 is 1. The molecule has 3 atom stereocenters. The Hall–Kier alpha value is -2.07. The molecule has 1 aromatic heterocycles. The van der Waals surface area contributed by atoms with Crippen molar-refractivity contribution < 1.29 is 27.0 Å². The minimum atomic E-state index is -3.56. The van der Waals surface area contributed by atoms with E-state index in [0.717, 1.165) is 19.1 Å². The number of aliphatic hydroxyl groups excluding tert-OH is 1. The van der Waals surface area contributed by atoms with Crippen LogP contribution >= 0.6 is 0 Å². The van der Waals surface area contributed by atoms with Crippen LogP contribution in [0.3, 0.4) is 0 Å². The lowest BCUT2D eigenvalue weighted by molar-refractivity contribution is 0.0359. The van der Waals surface area contributed by atoms with E-state index in [1.54, 1.807) is 23.8 Å². The van der Waals surface area contributed by atoms with Crippen LogP contribution in [0.25, 0.3) is 21.8 Å². The number of halogens is 2. The summed E-state index contributed by atoms with van der Waals surface area (Å²) in [5.74, 6) is -0.871. The van der Waals surface area contributed by atoms with Crippen LogP contribution in [0.5, 0.6) is 0 Å². The first-order chi connectivity index (χ1) is 15.2. The summed E-state index contributed by atoms with van der Waals surface area (Å²) in [6, 6.07) is 8.26. The second-order valence-corrected chi connectivity index (χ2v) is 10.5. The molecule has 0 amide bonds. The van der Waals surface area contributed by atoms with Crippen molar-refractivity contribution in [1.29, 1.82) is 0 Å². The molecule has 3 aromatic rings. The Morgan fingerprint density at radius 3 is 2.25 bits per heavy atom. The molecule has 1 aliphatic rings. The summed E-state index contributed by atoms with van der Waals surface area (Å²) in [7, 11) is -1.93. The summed E-state index contributed by atoms with van der Waals surface area (Å²) in [6.07, 6.45) is 3.19. The van der Waals surface area contributed by atoms with Crippen LogP contribution in [0.15, 0.2) is 36.4 Å².